The lowest BCUT2D eigenvalue weighted by Gasteiger charge is -2.18. The standard InChI is InChI=1S/C61H106O6/c1-4-7-10-13-16-19-22-25-28-29-30-31-34-36-39-42-45-48-51-54-60(63)66-57-58(67-61(64)55-52-49-46-43-40-37-33-27-24-21-18-15-12-9-6-3)56-65-59(62)53-50-47-44-41-38-35-32-26-23-20-17-14-11-8-5-2/h9,12,15,17-18,20-21,23-24,26-27,33,58H,4-8,10-11,13-14,16,19,22,25,28-32,34-57H2,1-3H3/b12-9-,18-15-,20-17-,24-21-,26-23-,33-27-. The van der Waals surface area contributed by atoms with Crippen LogP contribution in [0.4, 0.5) is 0 Å². The number of carbonyl (C=O) groups is 3. The summed E-state index contributed by atoms with van der Waals surface area (Å²) in [6, 6.07) is 0. The van der Waals surface area contributed by atoms with E-state index in [0.717, 1.165) is 89.9 Å². The van der Waals surface area contributed by atoms with Gasteiger partial charge in [0.2, 0.25) is 0 Å². The van der Waals surface area contributed by atoms with Crippen LogP contribution in [-0.4, -0.2) is 37.2 Å². The molecule has 0 aromatic rings. The average molecular weight is 936 g/mol. The Bertz CT molecular complexity index is 1260. The normalized spacial score (nSPS) is 12.6. The lowest BCUT2D eigenvalue weighted by atomic mass is 10.0. The van der Waals surface area contributed by atoms with E-state index in [1.807, 2.05) is 18.2 Å². The van der Waals surface area contributed by atoms with Gasteiger partial charge in [0.1, 0.15) is 13.2 Å². The summed E-state index contributed by atoms with van der Waals surface area (Å²) in [6.07, 6.45) is 70.3. The van der Waals surface area contributed by atoms with Gasteiger partial charge in [0.05, 0.1) is 0 Å². The molecule has 1 unspecified atom stereocenters. The fourth-order valence-electron chi connectivity index (χ4n) is 8.03. The quantitative estimate of drug-likeness (QED) is 0.0262. The zero-order valence-corrected chi connectivity index (χ0v) is 44.2. The number of esters is 3. The van der Waals surface area contributed by atoms with Crippen LogP contribution in [0.2, 0.25) is 0 Å². The van der Waals surface area contributed by atoms with Crippen LogP contribution in [0.3, 0.4) is 0 Å². The molecule has 0 fully saturated rings. The van der Waals surface area contributed by atoms with Gasteiger partial charge in [-0.15, -0.1) is 0 Å². The van der Waals surface area contributed by atoms with Gasteiger partial charge >= 0.3 is 17.9 Å². The molecule has 6 nitrogen and oxygen atoms in total. The van der Waals surface area contributed by atoms with Crippen LogP contribution in [0.15, 0.2) is 72.9 Å². The zero-order valence-electron chi connectivity index (χ0n) is 44.2. The van der Waals surface area contributed by atoms with Crippen molar-refractivity contribution in [2.24, 2.45) is 0 Å². The van der Waals surface area contributed by atoms with Gasteiger partial charge in [0.15, 0.2) is 6.10 Å². The van der Waals surface area contributed by atoms with Crippen molar-refractivity contribution < 1.29 is 28.6 Å². The minimum Gasteiger partial charge on any atom is -0.462 e. The highest BCUT2D eigenvalue weighted by Crippen LogP contribution is 2.16. The van der Waals surface area contributed by atoms with Crippen molar-refractivity contribution in [1.82, 2.24) is 0 Å². The first-order valence-electron chi connectivity index (χ1n) is 28.5. The second kappa shape index (κ2) is 55.4. The molecule has 0 rings (SSSR count). The minimum atomic E-state index is -0.791. The molecule has 0 aromatic heterocycles. The van der Waals surface area contributed by atoms with Crippen LogP contribution in [0.5, 0.6) is 0 Å². The van der Waals surface area contributed by atoms with E-state index in [1.54, 1.807) is 0 Å². The fourth-order valence-corrected chi connectivity index (χ4v) is 8.03. The molecule has 1 atom stereocenters. The molecule has 0 N–H and O–H groups in total. The molecule has 0 aliphatic carbocycles. The molecule has 0 bridgehead atoms. The van der Waals surface area contributed by atoms with Gasteiger partial charge in [0.25, 0.3) is 0 Å². The van der Waals surface area contributed by atoms with Crippen LogP contribution in [0, 0.1) is 0 Å². The lowest BCUT2D eigenvalue weighted by Crippen LogP contribution is -2.30. The molecule has 67 heavy (non-hydrogen) atoms. The first kappa shape index (κ1) is 63.8. The summed E-state index contributed by atoms with van der Waals surface area (Å²) in [7, 11) is 0. The predicted molar refractivity (Wildman–Crippen MR) is 288 cm³/mol. The van der Waals surface area contributed by atoms with Crippen LogP contribution >= 0.6 is 0 Å². The van der Waals surface area contributed by atoms with Crippen LogP contribution in [-0.2, 0) is 28.6 Å². The van der Waals surface area contributed by atoms with E-state index < -0.39 is 6.10 Å². The van der Waals surface area contributed by atoms with Gasteiger partial charge in [-0.1, -0.05) is 267 Å². The number of carbonyl (C=O) groups excluding carboxylic acids is 3. The van der Waals surface area contributed by atoms with Crippen LogP contribution in [0.1, 0.15) is 278 Å². The number of allylic oxidation sites excluding steroid dienone is 12. The maximum absolute atomic E-state index is 12.8. The molecule has 0 saturated heterocycles. The SMILES string of the molecule is CC\C=C/C=C\C=C/C=C\CCCCCCCC(=O)OC(COC(=O)CCCCCCCC/C=C\C=C/CCCCC)COC(=O)CCCCCCCCCCCCCCCCCCCCC. The fraction of sp³-hybridized carbons (Fsp3) is 0.754. The van der Waals surface area contributed by atoms with E-state index in [4.69, 9.17) is 14.2 Å². The number of hydrogen-bond donors (Lipinski definition) is 0. The average Bonchev–Trinajstić information content (AvgIpc) is 3.33. The van der Waals surface area contributed by atoms with E-state index in [2.05, 4.69) is 75.5 Å². The highest BCUT2D eigenvalue weighted by molar-refractivity contribution is 5.71. The van der Waals surface area contributed by atoms with Crippen molar-refractivity contribution in [3.63, 3.8) is 0 Å². The summed E-state index contributed by atoms with van der Waals surface area (Å²) in [5.74, 6) is -0.913. The maximum Gasteiger partial charge on any atom is 0.306 e. The Morgan fingerprint density at radius 3 is 0.955 bits per heavy atom. The summed E-state index contributed by atoms with van der Waals surface area (Å²) >= 11 is 0. The van der Waals surface area contributed by atoms with Crippen molar-refractivity contribution >= 4 is 17.9 Å². The van der Waals surface area contributed by atoms with Gasteiger partial charge in [-0.25, -0.2) is 0 Å². The number of ether oxygens (including phenoxy) is 3. The Balaban J connectivity index is 4.39. The maximum atomic E-state index is 12.8. The Morgan fingerprint density at radius 1 is 0.313 bits per heavy atom. The third-order valence-electron chi connectivity index (χ3n) is 12.3. The van der Waals surface area contributed by atoms with E-state index >= 15 is 0 Å². The Labute approximate surface area is 414 Å². The molecule has 0 aliphatic heterocycles. The Morgan fingerprint density at radius 2 is 0.582 bits per heavy atom. The molecule has 0 aromatic carbocycles. The van der Waals surface area contributed by atoms with E-state index in [9.17, 15) is 14.4 Å². The van der Waals surface area contributed by atoms with Crippen molar-refractivity contribution in [2.75, 3.05) is 13.2 Å². The van der Waals surface area contributed by atoms with Gasteiger partial charge in [0, 0.05) is 19.3 Å². The van der Waals surface area contributed by atoms with E-state index in [0.29, 0.717) is 19.3 Å². The number of unbranched alkanes of at least 4 members (excludes halogenated alkanes) is 32. The summed E-state index contributed by atoms with van der Waals surface area (Å²) in [6.45, 7) is 6.47. The summed E-state index contributed by atoms with van der Waals surface area (Å²) in [4.78, 5) is 38.1. The first-order valence-corrected chi connectivity index (χ1v) is 28.5. The second-order valence-electron chi connectivity index (χ2n) is 18.9. The van der Waals surface area contributed by atoms with E-state index in [1.165, 1.54) is 148 Å². The highest BCUT2D eigenvalue weighted by atomic mass is 16.6. The molecule has 0 heterocycles. The number of hydrogen-bond acceptors (Lipinski definition) is 6. The number of rotatable bonds is 51. The molecule has 0 spiro atoms. The molecule has 0 saturated carbocycles. The largest absolute Gasteiger partial charge is 0.462 e. The lowest BCUT2D eigenvalue weighted by molar-refractivity contribution is -0.167. The predicted octanol–water partition coefficient (Wildman–Crippen LogP) is 19.0. The third-order valence-corrected chi connectivity index (χ3v) is 12.3. The Kier molecular flexibility index (Phi) is 52.8. The molecule has 0 aliphatic rings. The molecule has 0 amide bonds. The zero-order chi connectivity index (χ0) is 48.6. The van der Waals surface area contributed by atoms with Gasteiger partial charge in [-0.3, -0.25) is 14.4 Å². The first-order chi connectivity index (χ1) is 33.0. The monoisotopic (exact) mass is 935 g/mol. The Hall–Kier alpha value is -3.15. The topological polar surface area (TPSA) is 78.9 Å². The third kappa shape index (κ3) is 53.7. The van der Waals surface area contributed by atoms with Gasteiger partial charge < -0.3 is 14.2 Å². The van der Waals surface area contributed by atoms with Crippen molar-refractivity contribution in [2.45, 2.75) is 284 Å². The van der Waals surface area contributed by atoms with Crippen LogP contribution < -0.4 is 0 Å². The van der Waals surface area contributed by atoms with E-state index in [-0.39, 0.29) is 31.1 Å². The molecule has 6 heteroatoms. The minimum absolute atomic E-state index is 0.0870. The summed E-state index contributed by atoms with van der Waals surface area (Å²) in [5.41, 5.74) is 0. The van der Waals surface area contributed by atoms with Crippen molar-refractivity contribution in [3.8, 4) is 0 Å². The van der Waals surface area contributed by atoms with Crippen LogP contribution in [0.25, 0.3) is 0 Å². The molecular weight excluding hydrogens is 829 g/mol. The summed E-state index contributed by atoms with van der Waals surface area (Å²) < 4.78 is 16.8. The van der Waals surface area contributed by atoms with Gasteiger partial charge in [-0.05, 0) is 64.2 Å². The van der Waals surface area contributed by atoms with Crippen molar-refractivity contribution in [1.29, 1.82) is 0 Å². The molecular formula is C61H106O6. The molecule has 0 radical (unpaired) electrons. The smallest absolute Gasteiger partial charge is 0.306 e. The van der Waals surface area contributed by atoms with Gasteiger partial charge in [-0.2, -0.15) is 0 Å². The van der Waals surface area contributed by atoms with Crippen molar-refractivity contribution in [3.05, 3.63) is 72.9 Å². The second-order valence-corrected chi connectivity index (χ2v) is 18.9. The molecule has 386 valence electrons. The summed E-state index contributed by atoms with van der Waals surface area (Å²) in [5, 5.41) is 0. The highest BCUT2D eigenvalue weighted by Gasteiger charge is 2.19.